The summed E-state index contributed by atoms with van der Waals surface area (Å²) < 4.78 is 0. The van der Waals surface area contributed by atoms with E-state index in [1.54, 1.807) is 0 Å². The summed E-state index contributed by atoms with van der Waals surface area (Å²) >= 11 is 9.53. The summed E-state index contributed by atoms with van der Waals surface area (Å²) in [5, 5.41) is 7.44. The molecule has 1 fully saturated rings. The van der Waals surface area contributed by atoms with Crippen molar-refractivity contribution in [2.24, 2.45) is 0 Å². The van der Waals surface area contributed by atoms with Gasteiger partial charge >= 0.3 is 0 Å². The van der Waals surface area contributed by atoms with Crippen LogP contribution < -0.4 is 0 Å². The number of thioether (sulfide) groups is 2. The Morgan fingerprint density at radius 2 is 2.46 bits per heavy atom. The van der Waals surface area contributed by atoms with Crippen LogP contribution in [0, 0.1) is 0 Å². The Morgan fingerprint density at radius 3 is 3.08 bits per heavy atom. The Hall–Kier alpha value is 0.130. The summed E-state index contributed by atoms with van der Waals surface area (Å²) in [7, 11) is 0. The molecule has 1 aromatic heterocycles. The van der Waals surface area contributed by atoms with E-state index in [0.29, 0.717) is 11.1 Å². The zero-order chi connectivity index (χ0) is 9.10. The number of nitrogens with one attached hydrogen (secondary N) is 1. The van der Waals surface area contributed by atoms with Gasteiger partial charge in [-0.3, -0.25) is 5.10 Å². The Morgan fingerprint density at radius 1 is 1.54 bits per heavy atom. The van der Waals surface area contributed by atoms with Crippen LogP contribution in [0.25, 0.3) is 0 Å². The fourth-order valence-electron chi connectivity index (χ4n) is 1.15. The number of halogens is 1. The molecule has 1 atom stereocenters. The van der Waals surface area contributed by atoms with Crippen molar-refractivity contribution >= 4 is 35.1 Å². The summed E-state index contributed by atoms with van der Waals surface area (Å²) in [4.78, 5) is 4.32. The maximum Gasteiger partial charge on any atom is 0.164 e. The minimum absolute atomic E-state index is 0.414. The Kier molecular flexibility index (Phi) is 3.40. The van der Waals surface area contributed by atoms with E-state index >= 15 is 0 Å². The highest BCUT2D eigenvalue weighted by atomic mass is 35.5. The molecule has 0 bridgehead atoms. The molecule has 1 N–H and O–H groups in total. The van der Waals surface area contributed by atoms with Crippen LogP contribution in [0.2, 0.25) is 0 Å². The van der Waals surface area contributed by atoms with Crippen molar-refractivity contribution in [3.05, 3.63) is 11.6 Å². The van der Waals surface area contributed by atoms with E-state index in [2.05, 4.69) is 15.2 Å². The maximum atomic E-state index is 5.63. The molecule has 0 radical (unpaired) electrons. The van der Waals surface area contributed by atoms with Gasteiger partial charge in [0.05, 0.1) is 11.1 Å². The monoisotopic (exact) mass is 235 g/mol. The van der Waals surface area contributed by atoms with E-state index in [1.807, 2.05) is 23.5 Å². The molecule has 13 heavy (non-hydrogen) atoms. The predicted octanol–water partition coefficient (Wildman–Crippen LogP) is 2.06. The summed E-state index contributed by atoms with van der Waals surface area (Å²) in [6.45, 7) is 0. The Bertz CT molecular complexity index is 272. The topological polar surface area (TPSA) is 41.6 Å². The van der Waals surface area contributed by atoms with Crippen LogP contribution in [0.1, 0.15) is 16.9 Å². The van der Waals surface area contributed by atoms with Crippen LogP contribution in [0.4, 0.5) is 0 Å². The third kappa shape index (κ3) is 2.33. The number of rotatable bonds is 2. The lowest BCUT2D eigenvalue weighted by Crippen LogP contribution is -2.08. The van der Waals surface area contributed by atoms with E-state index in [9.17, 15) is 0 Å². The number of hydrogen-bond donors (Lipinski definition) is 1. The minimum atomic E-state index is 0.414. The van der Waals surface area contributed by atoms with Gasteiger partial charge in [0.25, 0.3) is 0 Å². The molecule has 3 nitrogen and oxygen atoms in total. The van der Waals surface area contributed by atoms with Gasteiger partial charge in [0, 0.05) is 17.3 Å². The van der Waals surface area contributed by atoms with Gasteiger partial charge < -0.3 is 0 Å². The average molecular weight is 236 g/mol. The van der Waals surface area contributed by atoms with Crippen molar-refractivity contribution in [1.82, 2.24) is 15.2 Å². The SMILES string of the molecule is ClCc1nc(C2CSCCS2)n[nH]1. The van der Waals surface area contributed by atoms with Crippen LogP contribution in [0.5, 0.6) is 0 Å². The van der Waals surface area contributed by atoms with Crippen molar-refractivity contribution < 1.29 is 0 Å². The zero-order valence-electron chi connectivity index (χ0n) is 6.99. The fraction of sp³-hybridized carbons (Fsp3) is 0.714. The molecule has 2 heterocycles. The molecule has 2 rings (SSSR count). The fourth-order valence-corrected chi connectivity index (χ4v) is 3.87. The highest BCUT2D eigenvalue weighted by Crippen LogP contribution is 2.34. The number of aromatic nitrogens is 3. The maximum absolute atomic E-state index is 5.63. The number of H-pyrrole nitrogens is 1. The first-order valence-electron chi connectivity index (χ1n) is 4.06. The number of hydrogen-bond acceptors (Lipinski definition) is 4. The van der Waals surface area contributed by atoms with Crippen LogP contribution in [-0.2, 0) is 5.88 Å². The molecule has 0 amide bonds. The Labute approximate surface area is 90.4 Å². The van der Waals surface area contributed by atoms with Crippen molar-refractivity contribution in [3.63, 3.8) is 0 Å². The lowest BCUT2D eigenvalue weighted by Gasteiger charge is -2.17. The second kappa shape index (κ2) is 4.57. The van der Waals surface area contributed by atoms with E-state index in [4.69, 9.17) is 11.6 Å². The van der Waals surface area contributed by atoms with E-state index in [-0.39, 0.29) is 0 Å². The summed E-state index contributed by atoms with van der Waals surface area (Å²) in [5.41, 5.74) is 0. The summed E-state index contributed by atoms with van der Waals surface area (Å²) in [6.07, 6.45) is 0. The predicted molar refractivity (Wildman–Crippen MR) is 58.5 cm³/mol. The molecule has 1 aliphatic heterocycles. The van der Waals surface area contributed by atoms with Gasteiger partial charge in [0.2, 0.25) is 0 Å². The molecule has 0 saturated carbocycles. The largest absolute Gasteiger partial charge is 0.262 e. The zero-order valence-corrected chi connectivity index (χ0v) is 9.38. The highest BCUT2D eigenvalue weighted by Gasteiger charge is 2.20. The molecule has 6 heteroatoms. The standard InChI is InChI=1S/C7H10ClN3S2/c8-3-6-9-7(11-10-6)5-4-12-1-2-13-5/h5H,1-4H2,(H,9,10,11). The minimum Gasteiger partial charge on any atom is -0.262 e. The molecule has 1 unspecified atom stereocenters. The van der Waals surface area contributed by atoms with Gasteiger partial charge in [-0.05, 0) is 0 Å². The number of aromatic amines is 1. The molecule has 1 aromatic rings. The lowest BCUT2D eigenvalue weighted by atomic mass is 10.4. The highest BCUT2D eigenvalue weighted by molar-refractivity contribution is 8.06. The summed E-state index contributed by atoms with van der Waals surface area (Å²) in [6, 6.07) is 0. The van der Waals surface area contributed by atoms with Gasteiger partial charge in [0.1, 0.15) is 5.82 Å². The van der Waals surface area contributed by atoms with Crippen molar-refractivity contribution in [2.75, 3.05) is 17.3 Å². The molecule has 72 valence electrons. The van der Waals surface area contributed by atoms with Gasteiger partial charge in [-0.1, -0.05) is 0 Å². The van der Waals surface area contributed by atoms with Crippen molar-refractivity contribution in [2.45, 2.75) is 11.1 Å². The van der Waals surface area contributed by atoms with Crippen LogP contribution in [0.15, 0.2) is 0 Å². The molecule has 0 aliphatic carbocycles. The van der Waals surface area contributed by atoms with Gasteiger partial charge in [-0.15, -0.1) is 23.4 Å². The van der Waals surface area contributed by atoms with Crippen LogP contribution in [-0.4, -0.2) is 32.4 Å². The first-order chi connectivity index (χ1) is 6.40. The number of nitrogens with zero attached hydrogens (tertiary/aromatic N) is 2. The quantitative estimate of drug-likeness (QED) is 0.797. The molecule has 1 aliphatic rings. The third-order valence-corrected chi connectivity index (χ3v) is 4.78. The van der Waals surface area contributed by atoms with Crippen molar-refractivity contribution in [3.8, 4) is 0 Å². The average Bonchev–Trinajstić information content (AvgIpc) is 2.67. The first kappa shape index (κ1) is 9.68. The Balaban J connectivity index is 2.05. The van der Waals surface area contributed by atoms with E-state index < -0.39 is 0 Å². The second-order valence-electron chi connectivity index (χ2n) is 2.71. The second-order valence-corrected chi connectivity index (χ2v) is 5.44. The molecule has 0 spiro atoms. The van der Waals surface area contributed by atoms with Gasteiger partial charge in [-0.2, -0.15) is 16.9 Å². The molecular formula is C7H10ClN3S2. The molecular weight excluding hydrogens is 226 g/mol. The molecule has 1 saturated heterocycles. The van der Waals surface area contributed by atoms with Gasteiger partial charge in [0.15, 0.2) is 5.82 Å². The first-order valence-corrected chi connectivity index (χ1v) is 6.80. The summed E-state index contributed by atoms with van der Waals surface area (Å²) in [5.74, 6) is 5.65. The van der Waals surface area contributed by atoms with E-state index in [0.717, 1.165) is 17.4 Å². The van der Waals surface area contributed by atoms with Crippen molar-refractivity contribution in [1.29, 1.82) is 0 Å². The van der Waals surface area contributed by atoms with Crippen LogP contribution in [0.3, 0.4) is 0 Å². The van der Waals surface area contributed by atoms with E-state index in [1.165, 1.54) is 11.5 Å². The third-order valence-electron chi connectivity index (χ3n) is 1.78. The van der Waals surface area contributed by atoms with Gasteiger partial charge in [-0.25, -0.2) is 4.98 Å². The van der Waals surface area contributed by atoms with Crippen LogP contribution >= 0.6 is 35.1 Å². The molecule has 0 aromatic carbocycles. The normalized spacial score (nSPS) is 23.3. The lowest BCUT2D eigenvalue weighted by molar-refractivity contribution is 0.930. The number of alkyl halides is 1. The smallest absolute Gasteiger partial charge is 0.164 e.